The fraction of sp³-hybridized carbons (Fsp3) is 0.111. The number of amides is 1. The van der Waals surface area contributed by atoms with Crippen molar-refractivity contribution in [1.82, 2.24) is 5.32 Å². The molecule has 1 fully saturated rings. The molecule has 2 aliphatic rings. The van der Waals surface area contributed by atoms with Crippen LogP contribution in [0.15, 0.2) is 71.0 Å². The molecule has 1 aliphatic carbocycles. The molecule has 3 rings (SSSR count). The van der Waals surface area contributed by atoms with Gasteiger partial charge in [0.25, 0.3) is 5.91 Å². The summed E-state index contributed by atoms with van der Waals surface area (Å²) in [5, 5.41) is 3.18. The molecule has 4 nitrogen and oxygen atoms in total. The second-order valence-corrected chi connectivity index (χ2v) is 5.47. The molecular formula is C18H14ClNO3. The normalized spacial score (nSPS) is 18.9. The number of rotatable bonds is 2. The van der Waals surface area contributed by atoms with Crippen LogP contribution in [0.1, 0.15) is 12.0 Å². The Morgan fingerprint density at radius 1 is 1.22 bits per heavy atom. The second-order valence-electron chi connectivity index (χ2n) is 5.09. The fourth-order valence-corrected chi connectivity index (χ4v) is 2.85. The Hall–Kier alpha value is -2.59. The topological polar surface area (TPSA) is 55.4 Å². The fourth-order valence-electron chi connectivity index (χ4n) is 2.54. The lowest BCUT2D eigenvalue weighted by molar-refractivity contribution is -0.136. The molecule has 0 bridgehead atoms. The number of allylic oxidation sites excluding steroid dienone is 4. The third-order valence-corrected chi connectivity index (χ3v) is 4.11. The number of nitrogens with one attached hydrogen (secondary N) is 1. The number of hydrogen-bond acceptors (Lipinski definition) is 3. The SMILES string of the molecule is COC(=O)C1=CC=C2C(=CC1)NC(=O)/C2=C(\Cl)c1ccccc1. The van der Waals surface area contributed by atoms with Gasteiger partial charge in [-0.2, -0.15) is 0 Å². The maximum absolute atomic E-state index is 12.3. The molecule has 0 atom stereocenters. The minimum absolute atomic E-state index is 0.244. The van der Waals surface area contributed by atoms with Crippen molar-refractivity contribution in [2.75, 3.05) is 7.11 Å². The molecule has 5 heteroatoms. The summed E-state index contributed by atoms with van der Waals surface area (Å²) in [7, 11) is 1.34. The Balaban J connectivity index is 2.09. The molecule has 0 unspecified atom stereocenters. The Morgan fingerprint density at radius 3 is 2.65 bits per heavy atom. The first-order chi connectivity index (χ1) is 11.1. The predicted molar refractivity (Wildman–Crippen MR) is 88.2 cm³/mol. The van der Waals surface area contributed by atoms with E-state index in [0.717, 1.165) is 5.56 Å². The van der Waals surface area contributed by atoms with Gasteiger partial charge in [-0.25, -0.2) is 4.79 Å². The summed E-state index contributed by atoms with van der Waals surface area (Å²) >= 11 is 6.45. The van der Waals surface area contributed by atoms with Crippen LogP contribution in [0.2, 0.25) is 0 Å². The zero-order chi connectivity index (χ0) is 16.4. The maximum atomic E-state index is 12.3. The summed E-state index contributed by atoms with van der Waals surface area (Å²) in [6.07, 6.45) is 5.57. The van der Waals surface area contributed by atoms with Crippen molar-refractivity contribution >= 4 is 28.5 Å². The average molecular weight is 328 g/mol. The van der Waals surface area contributed by atoms with Crippen LogP contribution in [0, 0.1) is 0 Å². The van der Waals surface area contributed by atoms with Crippen LogP contribution in [0.25, 0.3) is 5.03 Å². The van der Waals surface area contributed by atoms with E-state index in [1.54, 1.807) is 18.2 Å². The summed E-state index contributed by atoms with van der Waals surface area (Å²) in [4.78, 5) is 24.0. The van der Waals surface area contributed by atoms with Crippen LogP contribution < -0.4 is 5.32 Å². The number of ether oxygens (including phenoxy) is 1. The molecule has 1 N–H and O–H groups in total. The highest BCUT2D eigenvalue weighted by molar-refractivity contribution is 6.52. The standard InChI is InChI=1S/C18H14ClNO3/c1-23-18(22)12-7-9-13-14(10-8-12)20-17(21)15(13)16(19)11-5-3-2-4-6-11/h2-7,9-10H,8H2,1H3,(H,20,21)/b16-15-. The predicted octanol–water partition coefficient (Wildman–Crippen LogP) is 3.08. The van der Waals surface area contributed by atoms with Gasteiger partial charge in [0.2, 0.25) is 0 Å². The van der Waals surface area contributed by atoms with E-state index in [-0.39, 0.29) is 11.9 Å². The number of halogens is 1. The van der Waals surface area contributed by atoms with E-state index in [1.165, 1.54) is 7.11 Å². The smallest absolute Gasteiger partial charge is 0.334 e. The summed E-state index contributed by atoms with van der Waals surface area (Å²) in [6, 6.07) is 9.29. The van der Waals surface area contributed by atoms with Crippen LogP contribution in [-0.2, 0) is 14.3 Å². The van der Waals surface area contributed by atoms with Gasteiger partial charge in [-0.15, -0.1) is 0 Å². The number of benzene rings is 1. The monoisotopic (exact) mass is 327 g/mol. The molecule has 1 saturated heterocycles. The van der Waals surface area contributed by atoms with E-state index in [1.807, 2.05) is 30.3 Å². The lowest BCUT2D eigenvalue weighted by Crippen LogP contribution is -2.14. The van der Waals surface area contributed by atoms with Crippen LogP contribution in [0.3, 0.4) is 0 Å². The van der Waals surface area contributed by atoms with E-state index in [2.05, 4.69) is 5.32 Å². The van der Waals surface area contributed by atoms with Gasteiger partial charge in [0.1, 0.15) is 0 Å². The molecule has 1 aromatic carbocycles. The molecule has 1 aromatic rings. The molecule has 23 heavy (non-hydrogen) atoms. The highest BCUT2D eigenvalue weighted by atomic mass is 35.5. The van der Waals surface area contributed by atoms with Gasteiger partial charge >= 0.3 is 5.97 Å². The molecule has 1 amide bonds. The van der Waals surface area contributed by atoms with E-state index in [0.29, 0.717) is 33.9 Å². The minimum atomic E-state index is -0.385. The molecule has 116 valence electrons. The van der Waals surface area contributed by atoms with Gasteiger partial charge in [-0.05, 0) is 12.0 Å². The number of fused-ring (bicyclic) bond motifs is 1. The third kappa shape index (κ3) is 2.85. The van der Waals surface area contributed by atoms with Crippen molar-refractivity contribution in [3.8, 4) is 0 Å². The first-order valence-corrected chi connectivity index (χ1v) is 7.46. The first kappa shape index (κ1) is 15.3. The largest absolute Gasteiger partial charge is 0.466 e. The first-order valence-electron chi connectivity index (χ1n) is 7.08. The van der Waals surface area contributed by atoms with Gasteiger partial charge in [0, 0.05) is 16.8 Å². The lowest BCUT2D eigenvalue weighted by Gasteiger charge is -2.03. The van der Waals surface area contributed by atoms with Crippen LogP contribution in [0.5, 0.6) is 0 Å². The van der Waals surface area contributed by atoms with Gasteiger partial charge in [-0.1, -0.05) is 60.2 Å². The summed E-state index contributed by atoms with van der Waals surface area (Å²) in [5.41, 5.74) is 3.04. The number of carbonyl (C=O) groups is 2. The number of methoxy groups -OCH3 is 1. The Labute approximate surface area is 138 Å². The van der Waals surface area contributed by atoms with Crippen molar-refractivity contribution in [3.63, 3.8) is 0 Å². The summed E-state index contributed by atoms with van der Waals surface area (Å²) in [5.74, 6) is -0.629. The lowest BCUT2D eigenvalue weighted by atomic mass is 10.0. The molecule has 0 spiro atoms. The molecular weight excluding hydrogens is 314 g/mol. The van der Waals surface area contributed by atoms with Crippen LogP contribution >= 0.6 is 11.6 Å². The Bertz CT molecular complexity index is 801. The average Bonchev–Trinajstić information content (AvgIpc) is 2.75. The molecule has 1 heterocycles. The molecule has 0 saturated carbocycles. The Kier molecular flexibility index (Phi) is 4.17. The van der Waals surface area contributed by atoms with Gasteiger partial charge < -0.3 is 10.1 Å². The highest BCUT2D eigenvalue weighted by Gasteiger charge is 2.31. The van der Waals surface area contributed by atoms with E-state index in [4.69, 9.17) is 16.3 Å². The maximum Gasteiger partial charge on any atom is 0.334 e. The molecule has 0 aromatic heterocycles. The van der Waals surface area contributed by atoms with Gasteiger partial charge in [0.05, 0.1) is 17.7 Å². The van der Waals surface area contributed by atoms with Crippen molar-refractivity contribution < 1.29 is 14.3 Å². The van der Waals surface area contributed by atoms with Crippen LogP contribution in [0.4, 0.5) is 0 Å². The minimum Gasteiger partial charge on any atom is -0.466 e. The quantitative estimate of drug-likeness (QED) is 0.671. The van der Waals surface area contributed by atoms with E-state index in [9.17, 15) is 9.59 Å². The highest BCUT2D eigenvalue weighted by Crippen LogP contribution is 2.36. The number of esters is 1. The zero-order valence-electron chi connectivity index (χ0n) is 12.4. The second kappa shape index (κ2) is 6.26. The third-order valence-electron chi connectivity index (χ3n) is 3.71. The van der Waals surface area contributed by atoms with E-state index >= 15 is 0 Å². The van der Waals surface area contributed by atoms with Crippen molar-refractivity contribution in [2.24, 2.45) is 0 Å². The molecule has 0 radical (unpaired) electrons. The Morgan fingerprint density at radius 2 is 1.96 bits per heavy atom. The zero-order valence-corrected chi connectivity index (χ0v) is 13.2. The molecule has 1 aliphatic heterocycles. The number of carbonyl (C=O) groups excluding carboxylic acids is 2. The van der Waals surface area contributed by atoms with E-state index < -0.39 is 0 Å². The van der Waals surface area contributed by atoms with Gasteiger partial charge in [0.15, 0.2) is 0 Å². The summed E-state index contributed by atoms with van der Waals surface area (Å²) in [6.45, 7) is 0. The van der Waals surface area contributed by atoms with Crippen LogP contribution in [-0.4, -0.2) is 19.0 Å². The van der Waals surface area contributed by atoms with Crippen molar-refractivity contribution in [2.45, 2.75) is 6.42 Å². The van der Waals surface area contributed by atoms with Crippen molar-refractivity contribution in [3.05, 3.63) is 76.5 Å². The van der Waals surface area contributed by atoms with Crippen molar-refractivity contribution in [1.29, 1.82) is 0 Å². The number of hydrogen-bond donors (Lipinski definition) is 1. The summed E-state index contributed by atoms with van der Waals surface area (Å²) < 4.78 is 4.74. The van der Waals surface area contributed by atoms with Gasteiger partial charge in [-0.3, -0.25) is 4.79 Å².